The molecule has 2 nitrogen and oxygen atoms in total. The number of hydrogen-bond acceptors (Lipinski definition) is 2. The maximum atomic E-state index is 5.67. The average molecular weight is 240 g/mol. The van der Waals surface area contributed by atoms with Gasteiger partial charge in [0.05, 0.1) is 18.0 Å². The van der Waals surface area contributed by atoms with Crippen LogP contribution >= 0.6 is 9.24 Å². The first-order chi connectivity index (χ1) is 7.56. The molecule has 0 aliphatic carbocycles. The zero-order chi connectivity index (χ0) is 12.6. The van der Waals surface area contributed by atoms with Crippen molar-refractivity contribution in [3.05, 3.63) is 48.2 Å². The summed E-state index contributed by atoms with van der Waals surface area (Å²) < 4.78 is 11.1. The van der Waals surface area contributed by atoms with E-state index in [9.17, 15) is 0 Å². The topological polar surface area (TPSA) is 18.5 Å². The van der Waals surface area contributed by atoms with Gasteiger partial charge in [-0.2, -0.15) is 0 Å². The van der Waals surface area contributed by atoms with Crippen molar-refractivity contribution >= 4 is 9.24 Å². The Balaban J connectivity index is 5.10. The van der Waals surface area contributed by atoms with Crippen LogP contribution in [0.15, 0.2) is 48.2 Å². The van der Waals surface area contributed by atoms with E-state index in [1.54, 1.807) is 12.2 Å². The fourth-order valence-corrected chi connectivity index (χ4v) is 1.44. The van der Waals surface area contributed by atoms with Gasteiger partial charge in [-0.1, -0.05) is 28.5 Å². The monoisotopic (exact) mass is 240 g/mol. The molecule has 0 saturated heterocycles. The number of hydrogen-bond donors (Lipinski definition) is 0. The molecule has 0 fully saturated rings. The molecule has 0 rings (SSSR count). The van der Waals surface area contributed by atoms with E-state index < -0.39 is 0 Å². The third kappa shape index (κ3) is 5.18. The Bertz CT molecular complexity index is 301. The van der Waals surface area contributed by atoms with E-state index >= 15 is 0 Å². The van der Waals surface area contributed by atoms with E-state index in [1.165, 1.54) is 0 Å². The first kappa shape index (κ1) is 15.0. The van der Waals surface area contributed by atoms with Crippen LogP contribution in [0, 0.1) is 0 Å². The van der Waals surface area contributed by atoms with Crippen LogP contribution in [0.2, 0.25) is 0 Å². The van der Waals surface area contributed by atoms with Gasteiger partial charge in [-0.25, -0.2) is 0 Å². The normalized spacial score (nSPS) is 13.2. The van der Waals surface area contributed by atoms with Crippen LogP contribution < -0.4 is 0 Å². The van der Waals surface area contributed by atoms with Crippen molar-refractivity contribution in [2.45, 2.75) is 26.9 Å². The average Bonchev–Trinajstić information content (AvgIpc) is 2.23. The van der Waals surface area contributed by atoms with E-state index in [-0.39, 0.29) is 6.10 Å². The highest BCUT2D eigenvalue weighted by atomic mass is 31.0. The van der Waals surface area contributed by atoms with Gasteiger partial charge in [-0.05, 0) is 32.9 Å². The van der Waals surface area contributed by atoms with Gasteiger partial charge in [-0.15, -0.1) is 0 Å². The van der Waals surface area contributed by atoms with Crippen LogP contribution in [0.1, 0.15) is 20.8 Å². The van der Waals surface area contributed by atoms with Crippen LogP contribution in [0.3, 0.4) is 0 Å². The fraction of sp³-hybridized carbons (Fsp3) is 0.385. The van der Waals surface area contributed by atoms with Crippen molar-refractivity contribution in [1.82, 2.24) is 0 Å². The Morgan fingerprint density at radius 3 is 2.38 bits per heavy atom. The highest BCUT2D eigenvalue weighted by molar-refractivity contribution is 7.23. The SMILES string of the molecule is C=C/C=C(OC(C)C)\C(P)=C(/C=C)OCC. The maximum Gasteiger partial charge on any atom is 0.130 e. The Hall–Kier alpha value is -1.01. The summed E-state index contributed by atoms with van der Waals surface area (Å²) in [7, 11) is 2.61. The number of ether oxygens (including phenoxy) is 2. The lowest BCUT2D eigenvalue weighted by Crippen LogP contribution is -2.04. The summed E-state index contributed by atoms with van der Waals surface area (Å²) in [4.78, 5) is 0. The van der Waals surface area contributed by atoms with Crippen molar-refractivity contribution in [1.29, 1.82) is 0 Å². The van der Waals surface area contributed by atoms with E-state index in [2.05, 4.69) is 22.4 Å². The van der Waals surface area contributed by atoms with Gasteiger partial charge in [0, 0.05) is 0 Å². The second-order valence-corrected chi connectivity index (χ2v) is 3.93. The molecule has 0 aromatic rings. The molecule has 0 radical (unpaired) electrons. The van der Waals surface area contributed by atoms with Crippen LogP contribution in [0.5, 0.6) is 0 Å². The standard InChI is InChI=1S/C13H21O2P/c1-6-9-12(15-10(4)5)13(16)11(7-2)14-8-3/h6-7,9-10H,1-2,8,16H2,3-5H3/b12-9+,13-11-. The Morgan fingerprint density at radius 2 is 2.00 bits per heavy atom. The van der Waals surface area contributed by atoms with E-state index in [0.717, 1.165) is 11.1 Å². The second kappa shape index (κ2) is 8.18. The van der Waals surface area contributed by atoms with Gasteiger partial charge >= 0.3 is 0 Å². The molecule has 0 amide bonds. The van der Waals surface area contributed by atoms with Gasteiger partial charge in [0.1, 0.15) is 11.5 Å². The molecular formula is C13H21O2P. The largest absolute Gasteiger partial charge is 0.493 e. The number of rotatable bonds is 7. The van der Waals surface area contributed by atoms with Crippen molar-refractivity contribution in [3.8, 4) is 0 Å². The minimum atomic E-state index is 0.106. The summed E-state index contributed by atoms with van der Waals surface area (Å²) in [6.07, 6.45) is 5.28. The molecule has 0 aliphatic rings. The molecule has 1 atom stereocenters. The predicted molar refractivity (Wildman–Crippen MR) is 73.1 cm³/mol. The number of allylic oxidation sites excluding steroid dienone is 4. The van der Waals surface area contributed by atoms with Crippen LogP contribution in [0.25, 0.3) is 0 Å². The molecule has 1 unspecified atom stereocenters. The lowest BCUT2D eigenvalue weighted by molar-refractivity contribution is 0.153. The Morgan fingerprint density at radius 1 is 1.38 bits per heavy atom. The van der Waals surface area contributed by atoms with Crippen molar-refractivity contribution in [3.63, 3.8) is 0 Å². The van der Waals surface area contributed by atoms with Crippen molar-refractivity contribution in [2.75, 3.05) is 6.61 Å². The second-order valence-electron chi connectivity index (χ2n) is 3.35. The lowest BCUT2D eigenvalue weighted by atomic mass is 10.3. The lowest BCUT2D eigenvalue weighted by Gasteiger charge is -2.16. The van der Waals surface area contributed by atoms with E-state index in [1.807, 2.05) is 26.8 Å². The Kier molecular flexibility index (Phi) is 7.66. The van der Waals surface area contributed by atoms with E-state index in [0.29, 0.717) is 12.4 Å². The van der Waals surface area contributed by atoms with Crippen LogP contribution in [-0.4, -0.2) is 12.7 Å². The molecular weight excluding hydrogens is 219 g/mol. The summed E-state index contributed by atoms with van der Waals surface area (Å²) in [6, 6.07) is 0. The summed E-state index contributed by atoms with van der Waals surface area (Å²) >= 11 is 0. The molecule has 0 bridgehead atoms. The quantitative estimate of drug-likeness (QED) is 0.383. The molecule has 0 spiro atoms. The predicted octanol–water partition coefficient (Wildman–Crippen LogP) is 3.79. The van der Waals surface area contributed by atoms with E-state index in [4.69, 9.17) is 9.47 Å². The molecule has 16 heavy (non-hydrogen) atoms. The summed E-state index contributed by atoms with van der Waals surface area (Å²) in [5, 5.41) is 0.852. The molecule has 3 heteroatoms. The summed E-state index contributed by atoms with van der Waals surface area (Å²) in [6.45, 7) is 13.9. The Labute approximate surface area is 101 Å². The molecule has 0 heterocycles. The first-order valence-corrected chi connectivity index (χ1v) is 5.89. The summed E-state index contributed by atoms with van der Waals surface area (Å²) in [5.41, 5.74) is 0. The maximum absolute atomic E-state index is 5.67. The third-order valence-corrected chi connectivity index (χ3v) is 2.22. The minimum Gasteiger partial charge on any atom is -0.493 e. The van der Waals surface area contributed by atoms with Gasteiger partial charge in [-0.3, -0.25) is 0 Å². The van der Waals surface area contributed by atoms with Crippen LogP contribution in [-0.2, 0) is 9.47 Å². The van der Waals surface area contributed by atoms with Crippen LogP contribution in [0.4, 0.5) is 0 Å². The zero-order valence-corrected chi connectivity index (χ0v) is 11.5. The van der Waals surface area contributed by atoms with Gasteiger partial charge in [0.15, 0.2) is 0 Å². The molecule has 0 aromatic heterocycles. The third-order valence-electron chi connectivity index (χ3n) is 1.65. The zero-order valence-electron chi connectivity index (χ0n) is 10.3. The van der Waals surface area contributed by atoms with Crippen molar-refractivity contribution in [2.24, 2.45) is 0 Å². The van der Waals surface area contributed by atoms with Gasteiger partial charge < -0.3 is 9.47 Å². The van der Waals surface area contributed by atoms with Crippen molar-refractivity contribution < 1.29 is 9.47 Å². The highest BCUT2D eigenvalue weighted by Crippen LogP contribution is 2.25. The first-order valence-electron chi connectivity index (χ1n) is 5.31. The molecule has 0 saturated carbocycles. The smallest absolute Gasteiger partial charge is 0.130 e. The fourth-order valence-electron chi connectivity index (χ4n) is 1.08. The molecule has 0 aliphatic heterocycles. The van der Waals surface area contributed by atoms with Gasteiger partial charge in [0.25, 0.3) is 0 Å². The molecule has 0 aromatic carbocycles. The summed E-state index contributed by atoms with van der Waals surface area (Å²) in [5.74, 6) is 1.44. The molecule has 0 N–H and O–H groups in total. The minimum absolute atomic E-state index is 0.106. The molecule has 90 valence electrons. The highest BCUT2D eigenvalue weighted by Gasteiger charge is 2.08. The van der Waals surface area contributed by atoms with Gasteiger partial charge in [0.2, 0.25) is 0 Å².